The molecule has 1 amide bonds. The number of pyridine rings is 2. The summed E-state index contributed by atoms with van der Waals surface area (Å²) in [5.41, 5.74) is 4.77. The molecule has 0 bridgehead atoms. The molecule has 0 spiro atoms. The Morgan fingerprint density at radius 2 is 1.93 bits per heavy atom. The second kappa shape index (κ2) is 12.1. The molecule has 2 aromatic heterocycles. The lowest BCUT2D eigenvalue weighted by Crippen LogP contribution is -2.38. The van der Waals surface area contributed by atoms with Crippen molar-refractivity contribution in [3.63, 3.8) is 0 Å². The van der Waals surface area contributed by atoms with E-state index in [1.165, 1.54) is 6.20 Å². The Balaban J connectivity index is 1.07. The maximum Gasteiger partial charge on any atom is 0.265 e. The van der Waals surface area contributed by atoms with Crippen LogP contribution in [0.5, 0.6) is 11.6 Å². The normalized spacial score (nSPS) is 16.2. The van der Waals surface area contributed by atoms with Crippen LogP contribution < -0.4 is 14.4 Å². The van der Waals surface area contributed by atoms with Gasteiger partial charge >= 0.3 is 0 Å². The molecule has 41 heavy (non-hydrogen) atoms. The van der Waals surface area contributed by atoms with E-state index in [0.717, 1.165) is 55.0 Å². The van der Waals surface area contributed by atoms with Crippen LogP contribution in [0.4, 0.5) is 10.1 Å². The van der Waals surface area contributed by atoms with Gasteiger partial charge in [-0.15, -0.1) is 0 Å². The van der Waals surface area contributed by atoms with Crippen LogP contribution in [0.3, 0.4) is 0 Å². The maximum atomic E-state index is 14.7. The SMILES string of the molecule is COc1ccc2ncc(F)c(CCN3CCC(/C=C\c4ccc5c(c4)N(Cc4ccccc4)C(=O)CO5)CC3)c2n1. The average Bonchev–Trinajstić information content (AvgIpc) is 3.01. The number of hydrogen-bond acceptors (Lipinski definition) is 6. The summed E-state index contributed by atoms with van der Waals surface area (Å²) >= 11 is 0. The third-order valence-electron chi connectivity index (χ3n) is 7.93. The first-order valence-corrected chi connectivity index (χ1v) is 14.1. The highest BCUT2D eigenvalue weighted by Gasteiger charge is 2.26. The number of halogens is 1. The summed E-state index contributed by atoms with van der Waals surface area (Å²) in [6.07, 6.45) is 8.35. The number of hydrogen-bond donors (Lipinski definition) is 0. The van der Waals surface area contributed by atoms with Crippen LogP contribution in [0.2, 0.25) is 0 Å². The fourth-order valence-corrected chi connectivity index (χ4v) is 5.58. The zero-order valence-electron chi connectivity index (χ0n) is 23.1. The zero-order valence-corrected chi connectivity index (χ0v) is 23.1. The Kier molecular flexibility index (Phi) is 7.91. The number of carbonyl (C=O) groups is 1. The van der Waals surface area contributed by atoms with Crippen LogP contribution in [-0.4, -0.2) is 54.1 Å². The molecular formula is C33H33FN4O3. The summed E-state index contributed by atoms with van der Waals surface area (Å²) in [7, 11) is 1.56. The third-order valence-corrected chi connectivity index (χ3v) is 7.93. The monoisotopic (exact) mass is 552 g/mol. The highest BCUT2D eigenvalue weighted by atomic mass is 19.1. The molecule has 0 saturated carbocycles. The zero-order chi connectivity index (χ0) is 28.2. The van der Waals surface area contributed by atoms with Crippen LogP contribution in [0.15, 0.2) is 72.9 Å². The van der Waals surface area contributed by atoms with Crippen molar-refractivity contribution in [3.05, 3.63) is 95.4 Å². The average molecular weight is 553 g/mol. The van der Waals surface area contributed by atoms with E-state index in [9.17, 15) is 9.18 Å². The van der Waals surface area contributed by atoms with Crippen LogP contribution in [-0.2, 0) is 17.8 Å². The van der Waals surface area contributed by atoms with Gasteiger partial charge in [0.05, 0.1) is 36.6 Å². The molecule has 4 heterocycles. The Bertz CT molecular complexity index is 1570. The number of piperidine rings is 1. The number of carbonyl (C=O) groups excluding carboxylic acids is 1. The number of methoxy groups -OCH3 is 1. The van der Waals surface area contributed by atoms with Crippen molar-refractivity contribution in [1.29, 1.82) is 0 Å². The summed E-state index contributed by atoms with van der Waals surface area (Å²) in [6.45, 7) is 3.25. The Morgan fingerprint density at radius 1 is 1.10 bits per heavy atom. The number of allylic oxidation sites excluding steroid dienone is 1. The summed E-state index contributed by atoms with van der Waals surface area (Å²) < 4.78 is 25.6. The number of rotatable bonds is 8. The molecule has 7 nitrogen and oxygen atoms in total. The highest BCUT2D eigenvalue weighted by molar-refractivity contribution is 5.98. The predicted octanol–water partition coefficient (Wildman–Crippen LogP) is 5.67. The molecular weight excluding hydrogens is 519 g/mol. The second-order valence-corrected chi connectivity index (χ2v) is 10.6. The van der Waals surface area contributed by atoms with Crippen LogP contribution in [0.25, 0.3) is 17.1 Å². The van der Waals surface area contributed by atoms with Gasteiger partial charge in [0.1, 0.15) is 11.6 Å². The van der Waals surface area contributed by atoms with Crippen molar-refractivity contribution in [2.45, 2.75) is 25.8 Å². The van der Waals surface area contributed by atoms with Gasteiger partial charge in [-0.1, -0.05) is 48.6 Å². The summed E-state index contributed by atoms with van der Waals surface area (Å²) in [4.78, 5) is 25.5. The Morgan fingerprint density at radius 3 is 2.73 bits per heavy atom. The minimum atomic E-state index is -0.324. The van der Waals surface area contributed by atoms with E-state index in [0.29, 0.717) is 41.4 Å². The van der Waals surface area contributed by atoms with Crippen molar-refractivity contribution >= 4 is 28.7 Å². The van der Waals surface area contributed by atoms with Crippen molar-refractivity contribution < 1.29 is 18.7 Å². The lowest BCUT2D eigenvalue weighted by molar-refractivity contribution is -0.121. The van der Waals surface area contributed by atoms with Gasteiger partial charge in [0.15, 0.2) is 6.61 Å². The smallest absolute Gasteiger partial charge is 0.265 e. The summed E-state index contributed by atoms with van der Waals surface area (Å²) in [5.74, 6) is 1.30. The molecule has 2 aromatic carbocycles. The number of ether oxygens (including phenoxy) is 2. The largest absolute Gasteiger partial charge is 0.482 e. The lowest BCUT2D eigenvalue weighted by Gasteiger charge is -2.31. The predicted molar refractivity (Wildman–Crippen MR) is 158 cm³/mol. The van der Waals surface area contributed by atoms with Gasteiger partial charge in [0, 0.05) is 18.2 Å². The van der Waals surface area contributed by atoms with E-state index in [2.05, 4.69) is 27.0 Å². The first-order chi connectivity index (χ1) is 20.1. The molecule has 1 saturated heterocycles. The van der Waals surface area contributed by atoms with E-state index in [1.54, 1.807) is 13.2 Å². The molecule has 0 radical (unpaired) electrons. The van der Waals surface area contributed by atoms with Gasteiger partial charge < -0.3 is 19.3 Å². The molecule has 0 atom stereocenters. The van der Waals surface area contributed by atoms with Crippen molar-refractivity contribution in [2.24, 2.45) is 5.92 Å². The topological polar surface area (TPSA) is 67.8 Å². The number of fused-ring (bicyclic) bond motifs is 2. The van der Waals surface area contributed by atoms with E-state index in [-0.39, 0.29) is 18.3 Å². The molecule has 0 unspecified atom stereocenters. The number of benzene rings is 2. The lowest BCUT2D eigenvalue weighted by atomic mass is 9.95. The van der Waals surface area contributed by atoms with Gasteiger partial charge in [-0.2, -0.15) is 0 Å². The van der Waals surface area contributed by atoms with Crippen molar-refractivity contribution in [2.75, 3.05) is 38.3 Å². The third kappa shape index (κ3) is 6.07. The van der Waals surface area contributed by atoms with E-state index >= 15 is 0 Å². The number of nitrogens with zero attached hydrogens (tertiary/aromatic N) is 4. The van der Waals surface area contributed by atoms with Crippen LogP contribution in [0.1, 0.15) is 29.5 Å². The van der Waals surface area contributed by atoms with Crippen molar-refractivity contribution in [1.82, 2.24) is 14.9 Å². The molecule has 210 valence electrons. The van der Waals surface area contributed by atoms with Crippen molar-refractivity contribution in [3.8, 4) is 11.6 Å². The second-order valence-electron chi connectivity index (χ2n) is 10.6. The standard InChI is InChI=1S/C33H33FN4O3/c1-40-31-12-10-28-33(36-31)26(27(34)20-35-28)15-18-37-16-13-23(14-17-37)7-8-24-9-11-30-29(19-24)38(32(39)22-41-30)21-25-5-3-2-4-6-25/h2-12,19-20,23H,13-18,21-22H2,1H3/b8-7-. The number of likely N-dealkylation sites (tertiary alicyclic amines) is 1. The van der Waals surface area contributed by atoms with Gasteiger partial charge in [-0.05, 0) is 67.6 Å². The fraction of sp³-hybridized carbons (Fsp3) is 0.303. The summed E-state index contributed by atoms with van der Waals surface area (Å²) in [5, 5.41) is 0. The molecule has 0 N–H and O–H groups in total. The van der Waals surface area contributed by atoms with E-state index < -0.39 is 0 Å². The van der Waals surface area contributed by atoms with Gasteiger partial charge in [0.25, 0.3) is 5.91 Å². The van der Waals surface area contributed by atoms with E-state index in [1.807, 2.05) is 59.5 Å². The van der Waals surface area contributed by atoms with Crippen LogP contribution in [0, 0.1) is 11.7 Å². The molecule has 6 rings (SSSR count). The molecule has 2 aliphatic heterocycles. The highest BCUT2D eigenvalue weighted by Crippen LogP contribution is 2.35. The van der Waals surface area contributed by atoms with Gasteiger partial charge in [0.2, 0.25) is 5.88 Å². The summed E-state index contributed by atoms with van der Waals surface area (Å²) in [6, 6.07) is 19.6. The molecule has 1 fully saturated rings. The molecule has 2 aliphatic rings. The fourth-order valence-electron chi connectivity index (χ4n) is 5.58. The number of aromatic nitrogens is 2. The van der Waals surface area contributed by atoms with Gasteiger partial charge in [-0.3, -0.25) is 9.78 Å². The minimum absolute atomic E-state index is 0.0376. The Hall–Kier alpha value is -4.30. The quantitative estimate of drug-likeness (QED) is 0.281. The molecule has 0 aliphatic carbocycles. The van der Waals surface area contributed by atoms with E-state index in [4.69, 9.17) is 9.47 Å². The van der Waals surface area contributed by atoms with Crippen LogP contribution >= 0.6 is 0 Å². The molecule has 8 heteroatoms. The number of anilines is 1. The first kappa shape index (κ1) is 26.9. The minimum Gasteiger partial charge on any atom is -0.482 e. The van der Waals surface area contributed by atoms with Gasteiger partial charge in [-0.25, -0.2) is 9.37 Å². The maximum absolute atomic E-state index is 14.7. The first-order valence-electron chi connectivity index (χ1n) is 14.1. The Labute approximate surface area is 239 Å². The number of amides is 1. The molecule has 4 aromatic rings.